The Labute approximate surface area is 146 Å². The normalized spacial score (nSPS) is 15.6. The Hall–Kier alpha value is -3.39. The quantitative estimate of drug-likeness (QED) is 0.378. The van der Waals surface area contributed by atoms with Crippen molar-refractivity contribution in [2.75, 3.05) is 5.01 Å². The minimum atomic E-state index is -0.689. The van der Waals surface area contributed by atoms with Gasteiger partial charge in [-0.15, -0.1) is 0 Å². The van der Waals surface area contributed by atoms with Crippen molar-refractivity contribution in [1.82, 2.24) is 5.43 Å². The van der Waals surface area contributed by atoms with Gasteiger partial charge in [0.1, 0.15) is 11.3 Å². The van der Waals surface area contributed by atoms with Gasteiger partial charge < -0.3 is 5.11 Å². The number of nitro groups is 1. The molecule has 1 saturated heterocycles. The zero-order valence-corrected chi connectivity index (χ0v) is 13.2. The molecule has 0 spiro atoms. The van der Waals surface area contributed by atoms with Gasteiger partial charge in [0.2, 0.25) is 0 Å². The lowest BCUT2D eigenvalue weighted by Gasteiger charge is -2.14. The topological polar surface area (TPSA) is 113 Å². The average Bonchev–Trinajstić information content (AvgIpc) is 2.85. The highest BCUT2D eigenvalue weighted by Crippen LogP contribution is 2.28. The number of hydrazine groups is 1. The highest BCUT2D eigenvalue weighted by molar-refractivity contribution is 6.32. The summed E-state index contributed by atoms with van der Waals surface area (Å²) in [5.41, 5.74) is 2.24. The molecule has 0 aromatic heterocycles. The van der Waals surface area contributed by atoms with Gasteiger partial charge in [-0.1, -0.05) is 11.6 Å². The van der Waals surface area contributed by atoms with Crippen molar-refractivity contribution in [1.29, 1.82) is 0 Å². The highest BCUT2D eigenvalue weighted by Gasteiger charge is 2.34. The minimum absolute atomic E-state index is 0.00865. The zero-order valence-electron chi connectivity index (χ0n) is 12.5. The molecule has 0 unspecified atom stereocenters. The Morgan fingerprint density at radius 3 is 2.48 bits per heavy atom. The second kappa shape index (κ2) is 6.25. The number of hydrogen-bond acceptors (Lipinski definition) is 5. The standard InChI is InChI=1S/C16H10ClN3O5/c17-10-1-3-11(4-2-10)19-16(23)13(15(22)18-19)8-9-7-12(20(24)25)5-6-14(9)21/h1-8,21H,(H,18,22)/b13-8-. The van der Waals surface area contributed by atoms with Crippen LogP contribution in [0.5, 0.6) is 5.75 Å². The number of phenols is 1. The first-order chi connectivity index (χ1) is 11.9. The van der Waals surface area contributed by atoms with Gasteiger partial charge in [-0.2, -0.15) is 0 Å². The fraction of sp³-hybridized carbons (Fsp3) is 0. The predicted molar refractivity (Wildman–Crippen MR) is 89.8 cm³/mol. The van der Waals surface area contributed by atoms with E-state index in [4.69, 9.17) is 11.6 Å². The summed E-state index contributed by atoms with van der Waals surface area (Å²) in [6.45, 7) is 0. The van der Waals surface area contributed by atoms with Crippen LogP contribution in [-0.2, 0) is 9.59 Å². The molecule has 0 saturated carbocycles. The molecule has 126 valence electrons. The van der Waals surface area contributed by atoms with Crippen LogP contribution in [0.1, 0.15) is 5.56 Å². The highest BCUT2D eigenvalue weighted by atomic mass is 35.5. The summed E-state index contributed by atoms with van der Waals surface area (Å²) in [7, 11) is 0. The van der Waals surface area contributed by atoms with Crippen LogP contribution in [0.2, 0.25) is 5.02 Å². The Balaban J connectivity index is 1.98. The van der Waals surface area contributed by atoms with E-state index in [-0.39, 0.29) is 22.6 Å². The third-order valence-corrected chi connectivity index (χ3v) is 3.75. The van der Waals surface area contributed by atoms with Crippen molar-refractivity contribution < 1.29 is 19.6 Å². The number of anilines is 1. The first kappa shape index (κ1) is 16.5. The zero-order chi connectivity index (χ0) is 18.1. The summed E-state index contributed by atoms with van der Waals surface area (Å²) in [5, 5.41) is 22.2. The van der Waals surface area contributed by atoms with Crippen LogP contribution in [0.4, 0.5) is 11.4 Å². The van der Waals surface area contributed by atoms with E-state index < -0.39 is 16.7 Å². The van der Waals surface area contributed by atoms with Crippen LogP contribution in [0.3, 0.4) is 0 Å². The van der Waals surface area contributed by atoms with Gasteiger partial charge in [-0.25, -0.2) is 5.01 Å². The van der Waals surface area contributed by atoms with E-state index in [9.17, 15) is 24.8 Å². The van der Waals surface area contributed by atoms with Crippen molar-refractivity contribution >= 4 is 40.9 Å². The number of nitrogens with zero attached hydrogens (tertiary/aromatic N) is 2. The summed E-state index contributed by atoms with van der Waals surface area (Å²) in [6, 6.07) is 9.54. The molecule has 3 rings (SSSR count). The molecule has 2 aromatic rings. The molecular formula is C16H10ClN3O5. The lowest BCUT2D eigenvalue weighted by atomic mass is 10.1. The number of carbonyl (C=O) groups excluding carboxylic acids is 2. The van der Waals surface area contributed by atoms with Crippen LogP contribution in [-0.4, -0.2) is 21.8 Å². The van der Waals surface area contributed by atoms with E-state index in [1.54, 1.807) is 24.3 Å². The van der Waals surface area contributed by atoms with Gasteiger partial charge in [0.15, 0.2) is 0 Å². The molecule has 2 aromatic carbocycles. The Kier molecular flexibility index (Phi) is 4.12. The van der Waals surface area contributed by atoms with E-state index in [1.165, 1.54) is 0 Å². The number of phenolic OH excluding ortho intramolecular Hbond substituents is 1. The predicted octanol–water partition coefficient (Wildman–Crippen LogP) is 2.42. The van der Waals surface area contributed by atoms with Crippen molar-refractivity contribution in [2.24, 2.45) is 0 Å². The van der Waals surface area contributed by atoms with Crippen molar-refractivity contribution in [3.63, 3.8) is 0 Å². The average molecular weight is 360 g/mol. The Morgan fingerprint density at radius 1 is 1.16 bits per heavy atom. The van der Waals surface area contributed by atoms with Crippen LogP contribution in [0.15, 0.2) is 48.0 Å². The largest absolute Gasteiger partial charge is 0.507 e. The Bertz CT molecular complexity index is 924. The summed E-state index contributed by atoms with van der Waals surface area (Å²) in [4.78, 5) is 34.7. The van der Waals surface area contributed by atoms with Crippen LogP contribution >= 0.6 is 11.6 Å². The first-order valence-electron chi connectivity index (χ1n) is 6.97. The molecule has 1 aliphatic heterocycles. The fourth-order valence-electron chi connectivity index (χ4n) is 2.26. The summed E-state index contributed by atoms with van der Waals surface area (Å²) < 4.78 is 0. The maximum absolute atomic E-state index is 12.5. The molecule has 1 aliphatic rings. The van der Waals surface area contributed by atoms with Gasteiger partial charge >= 0.3 is 0 Å². The van der Waals surface area contributed by atoms with E-state index in [2.05, 4.69) is 5.43 Å². The maximum atomic E-state index is 12.5. The van der Waals surface area contributed by atoms with Crippen molar-refractivity contribution in [3.05, 3.63) is 68.7 Å². The number of amides is 2. The SMILES string of the molecule is O=C1NN(c2ccc(Cl)cc2)C(=O)/C1=C\c1cc([N+](=O)[O-])ccc1O. The molecule has 2 amide bonds. The molecule has 0 aliphatic carbocycles. The first-order valence-corrected chi connectivity index (χ1v) is 7.35. The van der Waals surface area contributed by atoms with Gasteiger partial charge in [0.05, 0.1) is 10.6 Å². The molecule has 0 atom stereocenters. The van der Waals surface area contributed by atoms with Gasteiger partial charge in [-0.05, 0) is 36.4 Å². The lowest BCUT2D eigenvalue weighted by Crippen LogP contribution is -2.35. The van der Waals surface area contributed by atoms with Crippen molar-refractivity contribution in [3.8, 4) is 5.75 Å². The molecule has 2 N–H and O–H groups in total. The second-order valence-corrected chi connectivity index (χ2v) is 5.55. The summed E-state index contributed by atoms with van der Waals surface area (Å²) in [5.74, 6) is -1.63. The third-order valence-electron chi connectivity index (χ3n) is 3.50. The van der Waals surface area contributed by atoms with Gasteiger partial charge in [0.25, 0.3) is 17.5 Å². The smallest absolute Gasteiger partial charge is 0.282 e. The number of carbonyl (C=O) groups is 2. The molecule has 0 bridgehead atoms. The molecule has 1 heterocycles. The number of aromatic hydroxyl groups is 1. The third kappa shape index (κ3) is 3.15. The molecular weight excluding hydrogens is 350 g/mol. The van der Waals surface area contributed by atoms with Crippen LogP contribution < -0.4 is 10.4 Å². The van der Waals surface area contributed by atoms with E-state index in [0.29, 0.717) is 10.7 Å². The number of hydrogen-bond donors (Lipinski definition) is 2. The summed E-state index contributed by atoms with van der Waals surface area (Å²) >= 11 is 5.79. The fourth-order valence-corrected chi connectivity index (χ4v) is 2.38. The minimum Gasteiger partial charge on any atom is -0.507 e. The number of rotatable bonds is 3. The monoisotopic (exact) mass is 359 g/mol. The Morgan fingerprint density at radius 2 is 1.84 bits per heavy atom. The molecule has 25 heavy (non-hydrogen) atoms. The molecule has 8 nitrogen and oxygen atoms in total. The number of nitrogens with one attached hydrogen (secondary N) is 1. The van der Waals surface area contributed by atoms with Crippen LogP contribution in [0, 0.1) is 10.1 Å². The van der Waals surface area contributed by atoms with Crippen molar-refractivity contribution in [2.45, 2.75) is 0 Å². The van der Waals surface area contributed by atoms with Gasteiger partial charge in [-0.3, -0.25) is 25.1 Å². The van der Waals surface area contributed by atoms with Gasteiger partial charge in [0, 0.05) is 22.7 Å². The van der Waals surface area contributed by atoms with E-state index >= 15 is 0 Å². The summed E-state index contributed by atoms with van der Waals surface area (Å²) in [6.07, 6.45) is 1.11. The number of halogens is 1. The molecule has 9 heteroatoms. The van der Waals surface area contributed by atoms with E-state index in [1.807, 2.05) is 0 Å². The molecule has 0 radical (unpaired) electrons. The number of non-ortho nitro benzene ring substituents is 1. The second-order valence-electron chi connectivity index (χ2n) is 5.12. The number of benzene rings is 2. The number of nitro benzene ring substituents is 1. The maximum Gasteiger partial charge on any atom is 0.282 e. The lowest BCUT2D eigenvalue weighted by molar-refractivity contribution is -0.384. The van der Waals surface area contributed by atoms with E-state index in [0.717, 1.165) is 29.3 Å². The van der Waals surface area contributed by atoms with Crippen LogP contribution in [0.25, 0.3) is 6.08 Å². The molecule has 1 fully saturated rings.